The second-order valence-electron chi connectivity index (χ2n) is 11.5. The highest BCUT2D eigenvalue weighted by molar-refractivity contribution is 5.96. The quantitative estimate of drug-likeness (QED) is 0.194. The molecule has 8 aromatic rings. The molecule has 0 spiro atoms. The van der Waals surface area contributed by atoms with E-state index in [-0.39, 0.29) is 0 Å². The standard InChI is InChI=1S/C43H32N2/c1-44(43-16-8-14-35-11-6-7-15-42(35)43)38-23-17-33(18-24-38)34-19-25-39(26-20-34)45(40-27-21-31-9-2-4-12-36(31)29-40)41-28-22-32-10-3-5-13-37(32)30-41/h2-30H,1H3. The predicted octanol–water partition coefficient (Wildman–Crippen LogP) is 12.1. The van der Waals surface area contributed by atoms with Gasteiger partial charge in [0.05, 0.1) is 0 Å². The molecule has 214 valence electrons. The average Bonchev–Trinajstić information content (AvgIpc) is 3.11. The number of benzene rings is 8. The molecular formula is C43H32N2. The maximum absolute atomic E-state index is 2.35. The Morgan fingerprint density at radius 1 is 0.333 bits per heavy atom. The molecule has 0 bridgehead atoms. The Morgan fingerprint density at radius 3 is 1.36 bits per heavy atom. The van der Waals surface area contributed by atoms with Gasteiger partial charge in [-0.1, -0.05) is 121 Å². The van der Waals surface area contributed by atoms with Crippen LogP contribution in [-0.2, 0) is 0 Å². The summed E-state index contributed by atoms with van der Waals surface area (Å²) in [7, 11) is 2.14. The Balaban J connectivity index is 1.13. The van der Waals surface area contributed by atoms with Gasteiger partial charge in [-0.3, -0.25) is 0 Å². The lowest BCUT2D eigenvalue weighted by Crippen LogP contribution is -2.10. The number of nitrogens with zero attached hydrogens (tertiary/aromatic N) is 2. The molecule has 0 fully saturated rings. The van der Waals surface area contributed by atoms with Gasteiger partial charge in [-0.15, -0.1) is 0 Å². The maximum atomic E-state index is 2.35. The third-order valence-corrected chi connectivity index (χ3v) is 8.82. The van der Waals surface area contributed by atoms with Gasteiger partial charge < -0.3 is 9.80 Å². The van der Waals surface area contributed by atoms with E-state index in [9.17, 15) is 0 Å². The Morgan fingerprint density at radius 2 is 0.778 bits per heavy atom. The molecule has 8 rings (SSSR count). The van der Waals surface area contributed by atoms with Crippen LogP contribution in [0.25, 0.3) is 43.4 Å². The van der Waals surface area contributed by atoms with Crippen molar-refractivity contribution >= 4 is 60.8 Å². The smallest absolute Gasteiger partial charge is 0.0487 e. The molecule has 8 aromatic carbocycles. The fraction of sp³-hybridized carbons (Fsp3) is 0.0233. The second kappa shape index (κ2) is 11.3. The summed E-state index contributed by atoms with van der Waals surface area (Å²) in [4.78, 5) is 4.62. The first-order chi connectivity index (χ1) is 22.2. The summed E-state index contributed by atoms with van der Waals surface area (Å²) in [5.74, 6) is 0. The summed E-state index contributed by atoms with van der Waals surface area (Å²) in [5.41, 5.74) is 8.14. The molecule has 0 radical (unpaired) electrons. The molecule has 45 heavy (non-hydrogen) atoms. The van der Waals surface area contributed by atoms with E-state index in [1.165, 1.54) is 49.1 Å². The average molecular weight is 577 g/mol. The molecule has 0 saturated carbocycles. The lowest BCUT2D eigenvalue weighted by molar-refractivity contribution is 1.22. The summed E-state index contributed by atoms with van der Waals surface area (Å²) in [6.45, 7) is 0. The van der Waals surface area contributed by atoms with Crippen molar-refractivity contribution in [2.45, 2.75) is 0 Å². The van der Waals surface area contributed by atoms with Crippen molar-refractivity contribution in [3.8, 4) is 11.1 Å². The monoisotopic (exact) mass is 576 g/mol. The largest absolute Gasteiger partial charge is 0.344 e. The SMILES string of the molecule is CN(c1ccc(-c2ccc(N(c3ccc4ccccc4c3)c3ccc4ccccc4c3)cc2)cc1)c1cccc2ccccc12. The Hall–Kier alpha value is -5.86. The highest BCUT2D eigenvalue weighted by Crippen LogP contribution is 2.39. The van der Waals surface area contributed by atoms with Crippen LogP contribution in [0.4, 0.5) is 28.4 Å². The second-order valence-corrected chi connectivity index (χ2v) is 11.5. The molecule has 0 amide bonds. The van der Waals surface area contributed by atoms with E-state index in [0.29, 0.717) is 0 Å². The first-order valence-corrected chi connectivity index (χ1v) is 15.4. The first kappa shape index (κ1) is 26.7. The van der Waals surface area contributed by atoms with Crippen LogP contribution in [0.1, 0.15) is 0 Å². The van der Waals surface area contributed by atoms with Gasteiger partial charge in [0.2, 0.25) is 0 Å². The van der Waals surface area contributed by atoms with E-state index < -0.39 is 0 Å². The van der Waals surface area contributed by atoms with Crippen LogP contribution in [0, 0.1) is 0 Å². The number of hydrogen-bond donors (Lipinski definition) is 0. The van der Waals surface area contributed by atoms with Crippen molar-refractivity contribution in [1.29, 1.82) is 0 Å². The minimum absolute atomic E-state index is 1.12. The van der Waals surface area contributed by atoms with E-state index in [1.54, 1.807) is 0 Å². The lowest BCUT2D eigenvalue weighted by atomic mass is 10.0. The van der Waals surface area contributed by atoms with Crippen LogP contribution in [0.15, 0.2) is 176 Å². The third kappa shape index (κ3) is 5.07. The molecule has 0 atom stereocenters. The van der Waals surface area contributed by atoms with Crippen LogP contribution < -0.4 is 9.80 Å². The topological polar surface area (TPSA) is 6.48 Å². The molecule has 2 nitrogen and oxygen atoms in total. The van der Waals surface area contributed by atoms with Crippen LogP contribution in [0.2, 0.25) is 0 Å². The molecule has 0 N–H and O–H groups in total. The maximum Gasteiger partial charge on any atom is 0.0487 e. The van der Waals surface area contributed by atoms with Crippen molar-refractivity contribution in [1.82, 2.24) is 0 Å². The van der Waals surface area contributed by atoms with Gasteiger partial charge in [-0.2, -0.15) is 0 Å². The minimum Gasteiger partial charge on any atom is -0.344 e. The molecular weight excluding hydrogens is 544 g/mol. The lowest BCUT2D eigenvalue weighted by Gasteiger charge is -2.26. The summed E-state index contributed by atoms with van der Waals surface area (Å²) in [6, 6.07) is 63.3. The summed E-state index contributed by atoms with van der Waals surface area (Å²) < 4.78 is 0. The predicted molar refractivity (Wildman–Crippen MR) is 194 cm³/mol. The number of fused-ring (bicyclic) bond motifs is 3. The molecule has 0 unspecified atom stereocenters. The zero-order valence-electron chi connectivity index (χ0n) is 25.1. The molecule has 0 aliphatic heterocycles. The van der Waals surface area contributed by atoms with Gasteiger partial charge in [-0.25, -0.2) is 0 Å². The van der Waals surface area contributed by atoms with Crippen LogP contribution in [0.5, 0.6) is 0 Å². The van der Waals surface area contributed by atoms with Gasteiger partial charge in [0, 0.05) is 40.9 Å². The molecule has 0 aliphatic carbocycles. The van der Waals surface area contributed by atoms with Gasteiger partial charge in [0.1, 0.15) is 0 Å². The zero-order chi connectivity index (χ0) is 30.2. The zero-order valence-corrected chi connectivity index (χ0v) is 25.1. The fourth-order valence-electron chi connectivity index (χ4n) is 6.40. The van der Waals surface area contributed by atoms with Gasteiger partial charge in [-0.05, 0) is 92.7 Å². The summed E-state index contributed by atoms with van der Waals surface area (Å²) >= 11 is 0. The van der Waals surface area contributed by atoms with Crippen LogP contribution >= 0.6 is 0 Å². The molecule has 0 heterocycles. The van der Waals surface area contributed by atoms with Crippen molar-refractivity contribution in [3.63, 3.8) is 0 Å². The summed E-state index contributed by atoms with van der Waals surface area (Å²) in [6.07, 6.45) is 0. The fourth-order valence-corrected chi connectivity index (χ4v) is 6.40. The van der Waals surface area contributed by atoms with Crippen molar-refractivity contribution in [3.05, 3.63) is 176 Å². The third-order valence-electron chi connectivity index (χ3n) is 8.82. The van der Waals surface area contributed by atoms with Crippen molar-refractivity contribution in [2.24, 2.45) is 0 Å². The first-order valence-electron chi connectivity index (χ1n) is 15.4. The Labute approximate surface area is 264 Å². The summed E-state index contributed by atoms with van der Waals surface area (Å²) in [5, 5.41) is 7.44. The van der Waals surface area contributed by atoms with Crippen LogP contribution in [-0.4, -0.2) is 7.05 Å². The highest BCUT2D eigenvalue weighted by atomic mass is 15.1. The Kier molecular flexibility index (Phi) is 6.73. The van der Waals surface area contributed by atoms with Gasteiger partial charge >= 0.3 is 0 Å². The van der Waals surface area contributed by atoms with Crippen molar-refractivity contribution < 1.29 is 0 Å². The van der Waals surface area contributed by atoms with E-state index >= 15 is 0 Å². The van der Waals surface area contributed by atoms with Crippen LogP contribution in [0.3, 0.4) is 0 Å². The Bertz CT molecular complexity index is 2200. The normalized spacial score (nSPS) is 11.2. The van der Waals surface area contributed by atoms with E-state index in [1.807, 2.05) is 0 Å². The molecule has 0 aromatic heterocycles. The number of rotatable bonds is 6. The molecule has 0 saturated heterocycles. The van der Waals surface area contributed by atoms with E-state index in [4.69, 9.17) is 0 Å². The van der Waals surface area contributed by atoms with E-state index in [2.05, 4.69) is 193 Å². The van der Waals surface area contributed by atoms with Gasteiger partial charge in [0.15, 0.2) is 0 Å². The number of anilines is 5. The highest BCUT2D eigenvalue weighted by Gasteiger charge is 2.15. The van der Waals surface area contributed by atoms with Crippen molar-refractivity contribution in [2.75, 3.05) is 16.8 Å². The van der Waals surface area contributed by atoms with Gasteiger partial charge in [0.25, 0.3) is 0 Å². The van der Waals surface area contributed by atoms with E-state index in [0.717, 1.165) is 22.7 Å². The molecule has 0 aliphatic rings. The number of hydrogen-bond acceptors (Lipinski definition) is 2. The minimum atomic E-state index is 1.12. The molecule has 2 heteroatoms.